The highest BCUT2D eigenvalue weighted by Gasteiger charge is 2.09. The van der Waals surface area contributed by atoms with E-state index in [4.69, 9.17) is 0 Å². The first kappa shape index (κ1) is 30.5. The average molecular weight is 526 g/mol. The number of allylic oxidation sites excluding steroid dienone is 1. The van der Waals surface area contributed by atoms with E-state index in [2.05, 4.69) is 49.1 Å². The van der Waals surface area contributed by atoms with E-state index in [1.807, 2.05) is 35.2 Å². The molecule has 0 atom stereocenters. The molecule has 2 aromatic rings. The number of aryl methyl sites for hydroxylation is 1. The Bertz CT molecular complexity index is 1080. The second-order valence-electron chi connectivity index (χ2n) is 9.66. The minimum Gasteiger partial charge on any atom is -0.748 e. The summed E-state index contributed by atoms with van der Waals surface area (Å²) in [6.07, 6.45) is 16.7. The number of hydrogen-bond acceptors (Lipinski definition) is 5. The van der Waals surface area contributed by atoms with E-state index in [-0.39, 0.29) is 5.75 Å². The highest BCUT2D eigenvalue weighted by atomic mass is 32.2. The van der Waals surface area contributed by atoms with Crippen LogP contribution in [0.5, 0.6) is 0 Å². The van der Waals surface area contributed by atoms with Crippen molar-refractivity contribution in [3.63, 3.8) is 0 Å². The minimum absolute atomic E-state index is 0.332. The summed E-state index contributed by atoms with van der Waals surface area (Å²) >= 11 is 0. The fourth-order valence-electron chi connectivity index (χ4n) is 4.32. The van der Waals surface area contributed by atoms with Crippen LogP contribution in [0.4, 0.5) is 5.69 Å². The van der Waals surface area contributed by atoms with E-state index >= 15 is 0 Å². The van der Waals surface area contributed by atoms with Gasteiger partial charge in [0, 0.05) is 48.6 Å². The lowest BCUT2D eigenvalue weighted by molar-refractivity contribution is -0.697. The van der Waals surface area contributed by atoms with Gasteiger partial charge in [-0.2, -0.15) is 5.26 Å². The molecule has 0 saturated heterocycles. The predicted molar refractivity (Wildman–Crippen MR) is 151 cm³/mol. The molecule has 0 radical (unpaired) electrons. The zero-order valence-electron chi connectivity index (χ0n) is 22.6. The predicted octanol–water partition coefficient (Wildman–Crippen LogP) is 6.33. The van der Waals surface area contributed by atoms with Crippen LogP contribution in [-0.4, -0.2) is 31.8 Å². The summed E-state index contributed by atoms with van der Waals surface area (Å²) in [6, 6.07) is 14.6. The van der Waals surface area contributed by atoms with E-state index in [0.29, 0.717) is 25.0 Å². The topological polar surface area (TPSA) is 88.1 Å². The molecular formula is C30H43N3O3S. The normalized spacial score (nSPS) is 11.9. The zero-order chi connectivity index (χ0) is 26.9. The number of nitriles is 1. The van der Waals surface area contributed by atoms with Gasteiger partial charge in [-0.15, -0.1) is 0 Å². The molecule has 0 fully saturated rings. The van der Waals surface area contributed by atoms with Gasteiger partial charge in [0.25, 0.3) is 0 Å². The van der Waals surface area contributed by atoms with Crippen molar-refractivity contribution in [3.8, 4) is 6.07 Å². The largest absolute Gasteiger partial charge is 0.748 e. The van der Waals surface area contributed by atoms with Crippen molar-refractivity contribution in [2.24, 2.45) is 0 Å². The van der Waals surface area contributed by atoms with Crippen molar-refractivity contribution in [1.29, 1.82) is 5.26 Å². The van der Waals surface area contributed by atoms with Crippen LogP contribution in [0.3, 0.4) is 0 Å². The third-order valence-electron chi connectivity index (χ3n) is 6.52. The van der Waals surface area contributed by atoms with Crippen LogP contribution in [0.2, 0.25) is 0 Å². The quantitative estimate of drug-likeness (QED) is 0.0982. The smallest absolute Gasteiger partial charge is 0.169 e. The van der Waals surface area contributed by atoms with Crippen molar-refractivity contribution in [2.45, 2.75) is 84.6 Å². The second kappa shape index (κ2) is 16.9. The lowest BCUT2D eigenvalue weighted by Gasteiger charge is -2.25. The lowest BCUT2D eigenvalue weighted by Crippen LogP contribution is -2.32. The Labute approximate surface area is 224 Å². The van der Waals surface area contributed by atoms with Gasteiger partial charge in [-0.25, -0.2) is 13.0 Å². The summed E-state index contributed by atoms with van der Waals surface area (Å²) < 4.78 is 34.1. The third-order valence-corrected chi connectivity index (χ3v) is 7.30. The van der Waals surface area contributed by atoms with Crippen molar-refractivity contribution in [3.05, 3.63) is 59.9 Å². The number of hydrogen-bond donors (Lipinski definition) is 0. The molecule has 202 valence electrons. The molecule has 1 heterocycles. The molecule has 0 aliphatic carbocycles. The van der Waals surface area contributed by atoms with Gasteiger partial charge in [0.15, 0.2) is 12.4 Å². The van der Waals surface area contributed by atoms with E-state index in [0.717, 1.165) is 24.2 Å². The Balaban J connectivity index is 2.03. The van der Waals surface area contributed by atoms with E-state index in [1.54, 1.807) is 0 Å². The molecule has 7 heteroatoms. The number of aromatic nitrogens is 1. The maximum Gasteiger partial charge on any atom is 0.169 e. The molecule has 0 aliphatic rings. The first-order chi connectivity index (χ1) is 17.9. The molecule has 1 aromatic heterocycles. The SMILES string of the molecule is CCCCCCN(CCCCCC)c1ccc(/C=C(\C#N)c2cc[n+](CCCCS(=O)(=O)[O-])cc2)cc1. The van der Waals surface area contributed by atoms with Gasteiger partial charge in [0.05, 0.1) is 21.8 Å². The molecule has 0 N–H and O–H groups in total. The third kappa shape index (κ3) is 12.4. The summed E-state index contributed by atoms with van der Waals surface area (Å²) in [4.78, 5) is 2.51. The molecule has 0 spiro atoms. The molecule has 0 aliphatic heterocycles. The molecule has 2 rings (SSSR count). The number of pyridine rings is 1. The average Bonchev–Trinajstić information content (AvgIpc) is 2.89. The van der Waals surface area contributed by atoms with E-state index in [1.165, 1.54) is 57.1 Å². The highest BCUT2D eigenvalue weighted by Crippen LogP contribution is 2.21. The van der Waals surface area contributed by atoms with Gasteiger partial charge in [-0.1, -0.05) is 64.5 Å². The fourth-order valence-corrected chi connectivity index (χ4v) is 4.87. The van der Waals surface area contributed by atoms with E-state index < -0.39 is 10.1 Å². The van der Waals surface area contributed by atoms with Gasteiger partial charge in [-0.05, 0) is 43.0 Å². The van der Waals surface area contributed by atoms with Crippen LogP contribution >= 0.6 is 0 Å². The summed E-state index contributed by atoms with van der Waals surface area (Å²) in [6.45, 7) is 7.28. The monoisotopic (exact) mass is 525 g/mol. The molecule has 1 aromatic carbocycles. The van der Waals surface area contributed by atoms with Crippen LogP contribution < -0.4 is 9.47 Å². The molecule has 0 bridgehead atoms. The van der Waals surface area contributed by atoms with Crippen molar-refractivity contribution < 1.29 is 17.5 Å². The Morgan fingerprint density at radius 2 is 1.49 bits per heavy atom. The minimum atomic E-state index is -4.16. The summed E-state index contributed by atoms with van der Waals surface area (Å²) in [5.41, 5.74) is 3.66. The molecule has 6 nitrogen and oxygen atoms in total. The highest BCUT2D eigenvalue weighted by molar-refractivity contribution is 7.85. The van der Waals surface area contributed by atoms with Crippen LogP contribution in [0, 0.1) is 11.3 Å². The molecule has 0 unspecified atom stereocenters. The Hall–Kier alpha value is -2.69. The zero-order valence-corrected chi connectivity index (χ0v) is 23.4. The fraction of sp³-hybridized carbons (Fsp3) is 0.533. The first-order valence-corrected chi connectivity index (χ1v) is 15.3. The van der Waals surface area contributed by atoms with E-state index in [9.17, 15) is 18.2 Å². The molecule has 0 amide bonds. The van der Waals surface area contributed by atoms with Crippen LogP contribution in [0.1, 0.15) is 89.2 Å². The maximum absolute atomic E-state index is 10.7. The van der Waals surface area contributed by atoms with Gasteiger partial charge in [-0.3, -0.25) is 0 Å². The Morgan fingerprint density at radius 1 is 0.892 bits per heavy atom. The summed E-state index contributed by atoms with van der Waals surface area (Å²) in [5, 5.41) is 9.76. The van der Waals surface area contributed by atoms with Crippen molar-refractivity contribution in [2.75, 3.05) is 23.7 Å². The number of benzene rings is 1. The Morgan fingerprint density at radius 3 is 2.00 bits per heavy atom. The molecular weight excluding hydrogens is 482 g/mol. The number of nitrogens with zero attached hydrogens (tertiary/aromatic N) is 3. The number of rotatable bonds is 18. The Kier molecular flexibility index (Phi) is 14.0. The molecule has 37 heavy (non-hydrogen) atoms. The number of unbranched alkanes of at least 4 members (excludes halogenated alkanes) is 7. The van der Waals surface area contributed by atoms with Gasteiger partial charge >= 0.3 is 0 Å². The first-order valence-electron chi connectivity index (χ1n) is 13.8. The van der Waals surface area contributed by atoms with Crippen molar-refractivity contribution in [1.82, 2.24) is 0 Å². The van der Waals surface area contributed by atoms with Crippen LogP contribution in [0.15, 0.2) is 48.8 Å². The maximum atomic E-state index is 10.7. The van der Waals surface area contributed by atoms with Gasteiger partial charge < -0.3 is 9.45 Å². The molecule has 0 saturated carbocycles. The summed E-state index contributed by atoms with van der Waals surface area (Å²) in [5.74, 6) is -0.332. The van der Waals surface area contributed by atoms with Crippen molar-refractivity contribution >= 4 is 27.5 Å². The summed E-state index contributed by atoms with van der Waals surface area (Å²) in [7, 11) is -4.16. The van der Waals surface area contributed by atoms with Gasteiger partial charge in [0.1, 0.15) is 6.54 Å². The van der Waals surface area contributed by atoms with Crippen LogP contribution in [0.25, 0.3) is 11.6 Å². The standard InChI is InChI=1S/C30H43N3O3S/c1-3-5-7-9-20-33(21-10-8-6-4-2)30-15-13-27(14-16-30)25-29(26-31)28-17-22-32(23-18-28)19-11-12-24-37(34,35)36/h13-18,22-23,25H,3-12,19-21,24H2,1-2H3. The lowest BCUT2D eigenvalue weighted by atomic mass is 10.0. The second-order valence-corrected chi connectivity index (χ2v) is 11.2. The van der Waals surface area contributed by atoms with Gasteiger partial charge in [0.2, 0.25) is 0 Å². The number of anilines is 1. The van der Waals surface area contributed by atoms with Crippen LogP contribution in [-0.2, 0) is 16.7 Å².